The van der Waals surface area contributed by atoms with E-state index in [0.29, 0.717) is 16.8 Å². The van der Waals surface area contributed by atoms with E-state index in [-0.39, 0.29) is 6.04 Å². The Morgan fingerprint density at radius 3 is 1.91 bits per heavy atom. The fraction of sp³-hybridized carbons (Fsp3) is 0.667. The number of rotatable bonds is 5. The minimum atomic E-state index is -5.08. The quantitative estimate of drug-likeness (QED) is 0.530. The molecule has 2 atom stereocenters. The molecule has 17 heteroatoms. The highest BCUT2D eigenvalue weighted by Crippen LogP contribution is 2.36. The standard InChI is InChI=1S/C14H23N3O2S2.2C2HF3O2/c1-15(2)9-10-16-7-5-13-12(16)6-8-17(13)21(18,19)14-4-3-11-20-14;2*3-2(4,5)1(6)7/h3-4,11-13H,5-10H2,1-2H3;2*(H,6,7). The number of alkyl halides is 6. The van der Waals surface area contributed by atoms with Gasteiger partial charge in [-0.1, -0.05) is 6.07 Å². The van der Waals surface area contributed by atoms with E-state index >= 15 is 0 Å². The first kappa shape index (κ1) is 31.1. The summed E-state index contributed by atoms with van der Waals surface area (Å²) in [5.74, 6) is -5.51. The topological polar surface area (TPSA) is 118 Å². The van der Waals surface area contributed by atoms with E-state index in [4.69, 9.17) is 19.8 Å². The van der Waals surface area contributed by atoms with Crippen molar-refractivity contribution in [2.24, 2.45) is 0 Å². The first-order chi connectivity index (χ1) is 15.9. The maximum atomic E-state index is 12.7. The molecule has 2 N–H and O–H groups in total. The lowest BCUT2D eigenvalue weighted by Gasteiger charge is -2.26. The Labute approximate surface area is 201 Å². The van der Waals surface area contributed by atoms with Crippen molar-refractivity contribution in [3.63, 3.8) is 0 Å². The van der Waals surface area contributed by atoms with Crippen LogP contribution in [0.15, 0.2) is 21.7 Å². The van der Waals surface area contributed by atoms with Gasteiger partial charge in [0.1, 0.15) is 4.21 Å². The van der Waals surface area contributed by atoms with E-state index in [0.717, 1.165) is 32.5 Å². The van der Waals surface area contributed by atoms with E-state index in [2.05, 4.69) is 23.9 Å². The molecule has 202 valence electrons. The van der Waals surface area contributed by atoms with E-state index in [9.17, 15) is 34.8 Å². The molecule has 0 amide bonds. The molecule has 0 aromatic carbocycles. The van der Waals surface area contributed by atoms with Crippen molar-refractivity contribution < 1.29 is 54.6 Å². The summed E-state index contributed by atoms with van der Waals surface area (Å²) in [4.78, 5) is 22.4. The second kappa shape index (κ2) is 12.3. The molecule has 2 aliphatic heterocycles. The number of aliphatic carboxylic acids is 2. The van der Waals surface area contributed by atoms with Crippen LogP contribution in [0.2, 0.25) is 0 Å². The second-order valence-electron chi connectivity index (χ2n) is 7.70. The van der Waals surface area contributed by atoms with Gasteiger partial charge in [-0.2, -0.15) is 30.6 Å². The average Bonchev–Trinajstić information content (AvgIpc) is 3.44. The molecule has 2 aliphatic rings. The fourth-order valence-corrected chi connectivity index (χ4v) is 6.28. The molecule has 0 bridgehead atoms. The number of hydrogen-bond acceptors (Lipinski definition) is 7. The molecule has 1 aromatic rings. The monoisotopic (exact) mass is 557 g/mol. The SMILES string of the molecule is CN(C)CCN1CCC2C1CCN2S(=O)(=O)c1cccs1.O=C(O)C(F)(F)F.O=C(O)C(F)(F)F. The Balaban J connectivity index is 0.000000362. The molecule has 2 unspecified atom stereocenters. The molecule has 3 rings (SSSR count). The number of thiophene rings is 1. The third-order valence-electron chi connectivity index (χ3n) is 5.02. The zero-order valence-corrected chi connectivity index (χ0v) is 20.2. The van der Waals surface area contributed by atoms with E-state index in [1.807, 2.05) is 11.4 Å². The lowest BCUT2D eigenvalue weighted by atomic mass is 10.1. The average molecular weight is 558 g/mol. The molecule has 0 aliphatic carbocycles. The summed E-state index contributed by atoms with van der Waals surface area (Å²) in [7, 11) is 0.869. The third-order valence-corrected chi connectivity index (χ3v) is 8.32. The van der Waals surface area contributed by atoms with Gasteiger partial charge in [-0.3, -0.25) is 4.90 Å². The first-order valence-electron chi connectivity index (χ1n) is 9.93. The van der Waals surface area contributed by atoms with Gasteiger partial charge < -0.3 is 15.1 Å². The van der Waals surface area contributed by atoms with Crippen LogP contribution in [0.5, 0.6) is 0 Å². The summed E-state index contributed by atoms with van der Waals surface area (Å²) >= 11 is 1.32. The van der Waals surface area contributed by atoms with Crippen LogP contribution in [0.25, 0.3) is 0 Å². The number of nitrogens with zero attached hydrogens (tertiary/aromatic N) is 3. The van der Waals surface area contributed by atoms with Crippen molar-refractivity contribution >= 4 is 33.3 Å². The zero-order valence-electron chi connectivity index (χ0n) is 18.6. The fourth-order valence-electron chi connectivity index (χ4n) is 3.47. The molecule has 1 aromatic heterocycles. The van der Waals surface area contributed by atoms with Crippen LogP contribution in [-0.2, 0) is 19.6 Å². The highest BCUT2D eigenvalue weighted by Gasteiger charge is 2.47. The van der Waals surface area contributed by atoms with Gasteiger partial charge in [0.15, 0.2) is 0 Å². The smallest absolute Gasteiger partial charge is 0.475 e. The number of sulfonamides is 1. The zero-order chi connectivity index (χ0) is 27.2. The van der Waals surface area contributed by atoms with Crippen LogP contribution >= 0.6 is 11.3 Å². The van der Waals surface area contributed by atoms with Crippen LogP contribution in [0.4, 0.5) is 26.3 Å². The third kappa shape index (κ3) is 9.21. The van der Waals surface area contributed by atoms with Gasteiger partial charge in [0.05, 0.1) is 0 Å². The summed E-state index contributed by atoms with van der Waals surface area (Å²) in [5, 5.41) is 16.1. The van der Waals surface area contributed by atoms with Crippen molar-refractivity contribution in [1.29, 1.82) is 0 Å². The molecular weight excluding hydrogens is 532 g/mol. The Morgan fingerprint density at radius 2 is 1.51 bits per heavy atom. The molecule has 0 spiro atoms. The summed E-state index contributed by atoms with van der Waals surface area (Å²) in [5.41, 5.74) is 0. The number of carboxylic acids is 2. The minimum Gasteiger partial charge on any atom is -0.475 e. The predicted molar refractivity (Wildman–Crippen MR) is 113 cm³/mol. The number of carbonyl (C=O) groups is 2. The molecular formula is C18H25F6N3O6S2. The van der Waals surface area contributed by atoms with Crippen LogP contribution in [0, 0.1) is 0 Å². The number of hydrogen-bond donors (Lipinski definition) is 2. The normalized spacial score (nSPS) is 21.1. The Kier molecular flexibility index (Phi) is 11.0. The lowest BCUT2D eigenvalue weighted by molar-refractivity contribution is -0.193. The van der Waals surface area contributed by atoms with Crippen molar-refractivity contribution in [3.8, 4) is 0 Å². The van der Waals surface area contributed by atoms with Gasteiger partial charge >= 0.3 is 24.3 Å². The van der Waals surface area contributed by atoms with Crippen LogP contribution < -0.4 is 0 Å². The Bertz CT molecular complexity index is 914. The molecule has 9 nitrogen and oxygen atoms in total. The van der Waals surface area contributed by atoms with Crippen LogP contribution in [0.1, 0.15) is 12.8 Å². The number of likely N-dealkylation sites (tertiary alicyclic amines) is 1. The summed E-state index contributed by atoms with van der Waals surface area (Å²) in [6.07, 6.45) is -8.24. The minimum absolute atomic E-state index is 0.166. The molecule has 2 saturated heterocycles. The van der Waals surface area contributed by atoms with Crippen LogP contribution in [-0.4, -0.2) is 109 Å². The van der Waals surface area contributed by atoms with Crippen LogP contribution in [0.3, 0.4) is 0 Å². The Hall–Kier alpha value is -1.95. The number of halogens is 6. The summed E-state index contributed by atoms with van der Waals surface area (Å²) in [6.45, 7) is 3.73. The van der Waals surface area contributed by atoms with Gasteiger partial charge in [0.2, 0.25) is 0 Å². The Morgan fingerprint density at radius 1 is 1.03 bits per heavy atom. The molecule has 2 fully saturated rings. The molecule has 0 saturated carbocycles. The largest absolute Gasteiger partial charge is 0.490 e. The van der Waals surface area contributed by atoms with E-state index in [1.165, 1.54) is 11.3 Å². The molecule has 3 heterocycles. The highest BCUT2D eigenvalue weighted by atomic mass is 32.2. The first-order valence-corrected chi connectivity index (χ1v) is 12.2. The van der Waals surface area contributed by atoms with Gasteiger partial charge in [0.25, 0.3) is 10.0 Å². The number of carboxylic acid groups (broad SMARTS) is 2. The summed E-state index contributed by atoms with van der Waals surface area (Å²) in [6, 6.07) is 4.09. The number of likely N-dealkylation sites (N-methyl/N-ethyl adjacent to an activating group) is 1. The summed E-state index contributed by atoms with van der Waals surface area (Å²) < 4.78 is 91.1. The van der Waals surface area contributed by atoms with Gasteiger partial charge in [-0.15, -0.1) is 11.3 Å². The molecule has 0 radical (unpaired) electrons. The predicted octanol–water partition coefficient (Wildman–Crippen LogP) is 2.41. The van der Waals surface area contributed by atoms with Crippen molar-refractivity contribution in [3.05, 3.63) is 17.5 Å². The van der Waals surface area contributed by atoms with Gasteiger partial charge in [0, 0.05) is 38.3 Å². The van der Waals surface area contributed by atoms with E-state index in [1.54, 1.807) is 10.4 Å². The molecule has 35 heavy (non-hydrogen) atoms. The number of fused-ring (bicyclic) bond motifs is 1. The van der Waals surface area contributed by atoms with Crippen molar-refractivity contribution in [2.75, 3.05) is 40.3 Å². The second-order valence-corrected chi connectivity index (χ2v) is 10.8. The van der Waals surface area contributed by atoms with Crippen molar-refractivity contribution in [1.82, 2.24) is 14.1 Å². The van der Waals surface area contributed by atoms with E-state index < -0.39 is 34.3 Å². The van der Waals surface area contributed by atoms with Gasteiger partial charge in [-0.05, 0) is 38.4 Å². The maximum absolute atomic E-state index is 12.7. The van der Waals surface area contributed by atoms with Gasteiger partial charge in [-0.25, -0.2) is 18.0 Å². The maximum Gasteiger partial charge on any atom is 0.490 e. The van der Waals surface area contributed by atoms with Crippen molar-refractivity contribution in [2.45, 2.75) is 41.5 Å². The highest BCUT2D eigenvalue weighted by molar-refractivity contribution is 7.91. The lowest BCUT2D eigenvalue weighted by Crippen LogP contribution is -2.41.